The largest absolute Gasteiger partial charge is 0.595 e. The number of rotatable bonds is 3. The number of hydrogen-bond donors (Lipinski definition) is 2. The summed E-state index contributed by atoms with van der Waals surface area (Å²) < 4.78 is 0. The zero-order valence-corrected chi connectivity index (χ0v) is 17.5. The van der Waals surface area contributed by atoms with Crippen LogP contribution in [0.3, 0.4) is 0 Å². The summed E-state index contributed by atoms with van der Waals surface area (Å²) in [6, 6.07) is 22.5. The summed E-state index contributed by atoms with van der Waals surface area (Å²) in [5, 5.41) is 20.4. The van der Waals surface area contributed by atoms with Gasteiger partial charge in [0.05, 0.1) is 11.8 Å². The van der Waals surface area contributed by atoms with Crippen LogP contribution in [0, 0.1) is 17.0 Å². The molecule has 32 heavy (non-hydrogen) atoms. The lowest BCUT2D eigenvalue weighted by Gasteiger charge is -2.54. The lowest BCUT2D eigenvalue weighted by Crippen LogP contribution is -2.99. The fourth-order valence-corrected chi connectivity index (χ4v) is 6.62. The SMILES string of the molecule is CCC12c3ccccc3C(c3ccccc31)[C@@H]1C(=O)N(c3ccccc3[NH+]([O-])O)C(=O)[C@@H]12. The predicted octanol–water partition coefficient (Wildman–Crippen LogP) is 3.05. The molecule has 4 aliphatic rings. The molecule has 2 N–H and O–H groups in total. The van der Waals surface area contributed by atoms with Gasteiger partial charge >= 0.3 is 0 Å². The fraction of sp³-hybridized carbons (Fsp3) is 0.231. The van der Waals surface area contributed by atoms with Crippen molar-refractivity contribution >= 4 is 23.2 Å². The van der Waals surface area contributed by atoms with Gasteiger partial charge in [-0.1, -0.05) is 67.6 Å². The van der Waals surface area contributed by atoms with Crippen LogP contribution in [0.2, 0.25) is 0 Å². The van der Waals surface area contributed by atoms with Crippen molar-refractivity contribution < 1.29 is 20.0 Å². The molecule has 1 unspecified atom stereocenters. The topological polar surface area (TPSA) is 85.1 Å². The van der Waals surface area contributed by atoms with Crippen molar-refractivity contribution in [3.05, 3.63) is 100 Å². The molecule has 0 saturated carbocycles. The maximum Gasteiger partial charge on any atom is 0.239 e. The Morgan fingerprint density at radius 2 is 1.47 bits per heavy atom. The fourth-order valence-electron chi connectivity index (χ4n) is 6.62. The summed E-state index contributed by atoms with van der Waals surface area (Å²) in [5.74, 6) is -1.94. The van der Waals surface area contributed by atoms with Gasteiger partial charge in [0.15, 0.2) is 5.69 Å². The van der Waals surface area contributed by atoms with Crippen molar-refractivity contribution in [2.45, 2.75) is 24.7 Å². The van der Waals surface area contributed by atoms with E-state index in [2.05, 4.69) is 31.2 Å². The van der Waals surface area contributed by atoms with Crippen molar-refractivity contribution in [3.63, 3.8) is 0 Å². The van der Waals surface area contributed by atoms with Crippen LogP contribution >= 0.6 is 0 Å². The van der Waals surface area contributed by atoms with Gasteiger partial charge in [0.2, 0.25) is 11.8 Å². The Kier molecular flexibility index (Phi) is 3.99. The van der Waals surface area contributed by atoms with Crippen LogP contribution in [-0.2, 0) is 15.0 Å². The minimum atomic E-state index is -1.16. The minimum Gasteiger partial charge on any atom is -0.595 e. The quantitative estimate of drug-likeness (QED) is 0.498. The van der Waals surface area contributed by atoms with E-state index >= 15 is 0 Å². The molecule has 1 aliphatic heterocycles. The summed E-state index contributed by atoms with van der Waals surface area (Å²) in [6.45, 7) is 2.07. The molecule has 1 heterocycles. The maximum absolute atomic E-state index is 14.0. The first-order valence-corrected chi connectivity index (χ1v) is 10.9. The van der Waals surface area contributed by atoms with E-state index in [-0.39, 0.29) is 29.1 Å². The average Bonchev–Trinajstić information content (AvgIpc) is 3.09. The van der Waals surface area contributed by atoms with Crippen molar-refractivity contribution in [2.75, 3.05) is 4.90 Å². The van der Waals surface area contributed by atoms with E-state index in [0.717, 1.165) is 27.2 Å². The Morgan fingerprint density at radius 1 is 0.906 bits per heavy atom. The zero-order valence-electron chi connectivity index (χ0n) is 17.5. The summed E-state index contributed by atoms with van der Waals surface area (Å²) in [6.07, 6.45) is 0.669. The van der Waals surface area contributed by atoms with E-state index in [9.17, 15) is 20.0 Å². The van der Waals surface area contributed by atoms with Gasteiger partial charge in [0.25, 0.3) is 0 Å². The van der Waals surface area contributed by atoms with Gasteiger partial charge in [-0.15, -0.1) is 0 Å². The third-order valence-electron chi connectivity index (χ3n) is 7.73. The summed E-state index contributed by atoms with van der Waals surface area (Å²) >= 11 is 0. The lowest BCUT2D eigenvalue weighted by atomic mass is 9.46. The molecule has 1 fully saturated rings. The van der Waals surface area contributed by atoms with Crippen LogP contribution in [0.25, 0.3) is 0 Å². The van der Waals surface area contributed by atoms with Crippen molar-refractivity contribution in [1.29, 1.82) is 0 Å². The monoisotopic (exact) mass is 426 g/mol. The summed E-state index contributed by atoms with van der Waals surface area (Å²) in [5.41, 5.74) is 3.92. The number of nitrogens with zero attached hydrogens (tertiary/aromatic N) is 1. The van der Waals surface area contributed by atoms with Crippen LogP contribution in [0.15, 0.2) is 72.8 Å². The molecule has 0 spiro atoms. The van der Waals surface area contributed by atoms with E-state index in [1.54, 1.807) is 18.2 Å². The van der Waals surface area contributed by atoms with E-state index in [1.165, 1.54) is 6.07 Å². The summed E-state index contributed by atoms with van der Waals surface area (Å²) in [7, 11) is 0. The number of carbonyl (C=O) groups is 2. The Balaban J connectivity index is 1.63. The van der Waals surface area contributed by atoms with Crippen molar-refractivity contribution in [3.8, 4) is 0 Å². The van der Waals surface area contributed by atoms with Gasteiger partial charge in [-0.2, -0.15) is 5.23 Å². The highest BCUT2D eigenvalue weighted by atomic mass is 16.8. The number of para-hydroxylation sites is 2. The molecule has 6 nitrogen and oxygen atoms in total. The van der Waals surface area contributed by atoms with Crippen LogP contribution in [0.5, 0.6) is 0 Å². The lowest BCUT2D eigenvalue weighted by molar-refractivity contribution is -0.990. The zero-order chi connectivity index (χ0) is 22.2. The standard InChI is InChI=1S/C26H22N2O4/c1-2-26-17-11-5-3-9-15(17)21(16-10-4-6-12-18(16)26)22-23(26)25(30)27(24(22)29)19-13-7-8-14-20(19)28(31)32/h3-14,21-23,28,31H,2H2,1H3/t21?,22-,23+,26?/m0/s1. The van der Waals surface area contributed by atoms with Gasteiger partial charge in [0.1, 0.15) is 5.69 Å². The maximum atomic E-state index is 14.0. The Labute approximate surface area is 185 Å². The second kappa shape index (κ2) is 6.59. The molecular weight excluding hydrogens is 404 g/mol. The molecule has 6 heteroatoms. The van der Waals surface area contributed by atoms with E-state index < -0.39 is 22.5 Å². The van der Waals surface area contributed by atoms with E-state index in [4.69, 9.17) is 0 Å². The van der Waals surface area contributed by atoms with Gasteiger partial charge < -0.3 is 5.21 Å². The van der Waals surface area contributed by atoms with Gasteiger partial charge in [-0.25, -0.2) is 10.1 Å². The molecule has 3 aliphatic carbocycles. The second-order valence-electron chi connectivity index (χ2n) is 8.81. The molecule has 3 atom stereocenters. The number of nitrogens with one attached hydrogen (secondary N) is 1. The molecule has 3 aromatic rings. The highest BCUT2D eigenvalue weighted by Gasteiger charge is 2.67. The minimum absolute atomic E-state index is 0.0410. The van der Waals surface area contributed by atoms with Gasteiger partial charge in [0, 0.05) is 17.4 Å². The number of benzene rings is 3. The summed E-state index contributed by atoms with van der Waals surface area (Å²) in [4.78, 5) is 29.1. The normalized spacial score (nSPS) is 28.3. The number of hydrogen-bond acceptors (Lipinski definition) is 4. The van der Waals surface area contributed by atoms with E-state index in [0.29, 0.717) is 6.42 Å². The average molecular weight is 426 g/mol. The van der Waals surface area contributed by atoms with Gasteiger partial charge in [-0.05, 0) is 34.7 Å². The first-order chi connectivity index (χ1) is 15.5. The third kappa shape index (κ3) is 2.14. The molecule has 2 amide bonds. The first kappa shape index (κ1) is 19.4. The van der Waals surface area contributed by atoms with Crippen molar-refractivity contribution in [2.24, 2.45) is 11.8 Å². The molecule has 0 aromatic heterocycles. The smallest absolute Gasteiger partial charge is 0.239 e. The molecule has 7 rings (SSSR count). The number of carbonyl (C=O) groups excluding carboxylic acids is 2. The van der Waals surface area contributed by atoms with Gasteiger partial charge in [-0.3, -0.25) is 9.59 Å². The third-order valence-corrected chi connectivity index (χ3v) is 7.73. The highest BCUT2D eigenvalue weighted by molar-refractivity contribution is 6.24. The molecule has 0 radical (unpaired) electrons. The van der Waals surface area contributed by atoms with E-state index in [1.807, 2.05) is 24.3 Å². The van der Waals surface area contributed by atoms with Crippen LogP contribution in [0.1, 0.15) is 41.5 Å². The number of imide groups is 1. The molecule has 2 bridgehead atoms. The Morgan fingerprint density at radius 3 is 2.06 bits per heavy atom. The molecule has 3 aromatic carbocycles. The van der Waals surface area contributed by atoms with Crippen molar-refractivity contribution in [1.82, 2.24) is 0 Å². The van der Waals surface area contributed by atoms with Crippen LogP contribution in [0.4, 0.5) is 11.4 Å². The molecular formula is C26H22N2O4. The number of quaternary nitrogens is 1. The molecule has 1 saturated heterocycles. The predicted molar refractivity (Wildman–Crippen MR) is 117 cm³/mol. The second-order valence-corrected chi connectivity index (χ2v) is 8.81. The molecule has 160 valence electrons. The Hall–Kier alpha value is -3.32. The highest BCUT2D eigenvalue weighted by Crippen LogP contribution is 2.65. The number of amides is 2. The first-order valence-electron chi connectivity index (χ1n) is 10.9. The van der Waals surface area contributed by atoms with Crippen LogP contribution in [-0.4, -0.2) is 17.0 Å². The Bertz CT molecular complexity index is 1240. The number of anilines is 1. The van der Waals surface area contributed by atoms with Crippen LogP contribution < -0.4 is 10.1 Å².